The van der Waals surface area contributed by atoms with Gasteiger partial charge < -0.3 is 9.47 Å². The van der Waals surface area contributed by atoms with Crippen molar-refractivity contribution in [3.63, 3.8) is 0 Å². The molecule has 0 aliphatic carbocycles. The van der Waals surface area contributed by atoms with Crippen LogP contribution < -0.4 is 5.32 Å². The van der Waals surface area contributed by atoms with Gasteiger partial charge >= 0.3 is 12.1 Å². The van der Waals surface area contributed by atoms with Crippen molar-refractivity contribution in [3.05, 3.63) is 23.4 Å². The number of esters is 1. The molecule has 0 bridgehead atoms. The molecule has 0 unspecified atom stereocenters. The lowest BCUT2D eigenvalue weighted by molar-refractivity contribution is -0.00163. The fourth-order valence-electron chi connectivity index (χ4n) is 2.13. The van der Waals surface area contributed by atoms with Gasteiger partial charge in [-0.25, -0.2) is 14.6 Å². The van der Waals surface area contributed by atoms with Crippen molar-refractivity contribution in [1.29, 1.82) is 0 Å². The van der Waals surface area contributed by atoms with E-state index in [0.717, 1.165) is 0 Å². The van der Waals surface area contributed by atoms with E-state index < -0.39 is 17.3 Å². The first-order valence-electron chi connectivity index (χ1n) is 7.29. The molecule has 0 saturated carbocycles. The van der Waals surface area contributed by atoms with Gasteiger partial charge in [-0.2, -0.15) is 0 Å². The predicted octanol–water partition coefficient (Wildman–Crippen LogP) is 3.31. The minimum absolute atomic E-state index is 0.362. The molecule has 1 aromatic heterocycles. The van der Waals surface area contributed by atoms with Gasteiger partial charge in [0, 0.05) is 0 Å². The van der Waals surface area contributed by atoms with Gasteiger partial charge in [-0.15, -0.1) is 0 Å². The lowest BCUT2D eigenvalue weighted by Crippen LogP contribution is -2.27. The van der Waals surface area contributed by atoms with Crippen molar-refractivity contribution in [1.82, 2.24) is 4.98 Å². The Morgan fingerprint density at radius 2 is 2.05 bits per heavy atom. The number of anilines is 1. The van der Waals surface area contributed by atoms with Gasteiger partial charge in [-0.3, -0.25) is 5.32 Å². The van der Waals surface area contributed by atoms with Crippen LogP contribution in [0.2, 0.25) is 0 Å². The first-order chi connectivity index (χ1) is 10.1. The number of rotatable bonds is 1. The van der Waals surface area contributed by atoms with Crippen molar-refractivity contribution in [2.24, 2.45) is 0 Å². The first kappa shape index (κ1) is 16.3. The Kier molecular flexibility index (Phi) is 4.13. The molecular formula is C16H22N2O4. The van der Waals surface area contributed by atoms with Gasteiger partial charge in [0.15, 0.2) is 0 Å². The summed E-state index contributed by atoms with van der Waals surface area (Å²) in [5.74, 6) is -0.0191. The van der Waals surface area contributed by atoms with E-state index in [1.165, 1.54) is 0 Å². The van der Waals surface area contributed by atoms with Crippen LogP contribution in [0.5, 0.6) is 0 Å². The zero-order chi connectivity index (χ0) is 16.5. The number of nitrogens with zero attached hydrogens (tertiary/aromatic N) is 1. The van der Waals surface area contributed by atoms with Gasteiger partial charge in [-0.05, 0) is 59.6 Å². The molecule has 120 valence electrons. The van der Waals surface area contributed by atoms with Gasteiger partial charge in [0.05, 0.1) is 11.3 Å². The molecule has 0 radical (unpaired) electrons. The van der Waals surface area contributed by atoms with E-state index in [-0.39, 0.29) is 5.97 Å². The van der Waals surface area contributed by atoms with Crippen LogP contribution in [0.4, 0.5) is 10.6 Å². The summed E-state index contributed by atoms with van der Waals surface area (Å²) in [5, 5.41) is 2.58. The average molecular weight is 306 g/mol. The highest BCUT2D eigenvalue weighted by atomic mass is 16.6. The molecule has 0 spiro atoms. The molecule has 1 aliphatic rings. The van der Waals surface area contributed by atoms with Crippen LogP contribution in [-0.2, 0) is 15.9 Å². The zero-order valence-corrected chi connectivity index (χ0v) is 13.6. The number of amides is 1. The van der Waals surface area contributed by atoms with E-state index in [2.05, 4.69) is 10.3 Å². The molecule has 2 heterocycles. The highest BCUT2D eigenvalue weighted by molar-refractivity contribution is 5.92. The average Bonchev–Trinajstić information content (AvgIpc) is 2.43. The quantitative estimate of drug-likeness (QED) is 0.805. The van der Waals surface area contributed by atoms with E-state index >= 15 is 0 Å². The SMILES string of the molecule is CC(C)(C)OC(=O)Nc1ccc2c(n1)CCC(C)(C)OC2=O. The maximum absolute atomic E-state index is 12.1. The van der Waals surface area contributed by atoms with Crippen LogP contribution in [0.25, 0.3) is 0 Å². The van der Waals surface area contributed by atoms with Crippen molar-refractivity contribution in [2.75, 3.05) is 5.32 Å². The second kappa shape index (κ2) is 5.59. The third-order valence-corrected chi connectivity index (χ3v) is 3.16. The maximum Gasteiger partial charge on any atom is 0.413 e. The molecule has 1 amide bonds. The monoisotopic (exact) mass is 306 g/mol. The van der Waals surface area contributed by atoms with Crippen LogP contribution in [0, 0.1) is 0 Å². The molecule has 0 aromatic carbocycles. The standard InChI is InChI=1S/C16H22N2O4/c1-15(2,3)22-14(20)18-12-7-6-10-11(17-12)8-9-16(4,5)21-13(10)19/h6-7H,8-9H2,1-5H3,(H,17,18,20). The zero-order valence-electron chi connectivity index (χ0n) is 13.6. The topological polar surface area (TPSA) is 77.5 Å². The molecule has 6 nitrogen and oxygen atoms in total. The number of hydrogen-bond donors (Lipinski definition) is 1. The van der Waals surface area contributed by atoms with E-state index in [4.69, 9.17) is 9.47 Å². The first-order valence-corrected chi connectivity index (χ1v) is 7.29. The molecule has 1 aromatic rings. The van der Waals surface area contributed by atoms with Crippen molar-refractivity contribution in [2.45, 2.75) is 58.7 Å². The smallest absolute Gasteiger partial charge is 0.413 e. The summed E-state index contributed by atoms with van der Waals surface area (Å²) < 4.78 is 10.6. The lowest BCUT2D eigenvalue weighted by Gasteiger charge is -2.21. The summed E-state index contributed by atoms with van der Waals surface area (Å²) in [5.41, 5.74) is -0.0235. The summed E-state index contributed by atoms with van der Waals surface area (Å²) >= 11 is 0. The van der Waals surface area contributed by atoms with Crippen LogP contribution in [0.15, 0.2) is 12.1 Å². The number of carbonyl (C=O) groups excluding carboxylic acids is 2. The fourth-order valence-corrected chi connectivity index (χ4v) is 2.13. The summed E-state index contributed by atoms with van der Waals surface area (Å²) in [6.45, 7) is 9.10. The fraction of sp³-hybridized carbons (Fsp3) is 0.562. The second-order valence-corrected chi connectivity index (χ2v) is 6.97. The van der Waals surface area contributed by atoms with Crippen LogP contribution in [-0.4, -0.2) is 28.2 Å². The van der Waals surface area contributed by atoms with E-state index in [0.29, 0.717) is 29.9 Å². The highest BCUT2D eigenvalue weighted by Gasteiger charge is 2.30. The Morgan fingerprint density at radius 3 is 2.68 bits per heavy atom. The van der Waals surface area contributed by atoms with Crippen molar-refractivity contribution >= 4 is 17.9 Å². The third-order valence-electron chi connectivity index (χ3n) is 3.16. The largest absolute Gasteiger partial charge is 0.456 e. The minimum Gasteiger partial charge on any atom is -0.456 e. The van der Waals surface area contributed by atoms with Crippen LogP contribution >= 0.6 is 0 Å². The molecule has 0 fully saturated rings. The number of carbonyl (C=O) groups is 2. The second-order valence-electron chi connectivity index (χ2n) is 6.97. The van der Waals surface area contributed by atoms with E-state index in [1.54, 1.807) is 32.9 Å². The Hall–Kier alpha value is -2.11. The van der Waals surface area contributed by atoms with Gasteiger partial charge in [0.25, 0.3) is 0 Å². The normalized spacial score (nSPS) is 17.0. The number of pyridine rings is 1. The highest BCUT2D eigenvalue weighted by Crippen LogP contribution is 2.26. The van der Waals surface area contributed by atoms with Gasteiger partial charge in [0.2, 0.25) is 0 Å². The number of aromatic nitrogens is 1. The number of aryl methyl sites for hydroxylation is 1. The van der Waals surface area contributed by atoms with Gasteiger partial charge in [0.1, 0.15) is 17.0 Å². The summed E-state index contributed by atoms with van der Waals surface area (Å²) in [4.78, 5) is 28.2. The van der Waals surface area contributed by atoms with Crippen molar-refractivity contribution < 1.29 is 19.1 Å². The number of cyclic esters (lactones) is 1. The lowest BCUT2D eigenvalue weighted by atomic mass is 10.0. The molecule has 1 N–H and O–H groups in total. The third kappa shape index (κ3) is 4.19. The Bertz CT molecular complexity index is 603. The van der Waals surface area contributed by atoms with E-state index in [1.807, 2.05) is 13.8 Å². The molecule has 2 rings (SSSR count). The summed E-state index contributed by atoms with van der Waals surface area (Å²) in [7, 11) is 0. The Balaban J connectivity index is 2.17. The summed E-state index contributed by atoms with van der Waals surface area (Å²) in [6, 6.07) is 3.20. The molecule has 0 saturated heterocycles. The number of nitrogens with one attached hydrogen (secondary N) is 1. The molecule has 1 aliphatic heterocycles. The number of ether oxygens (including phenoxy) is 2. The predicted molar refractivity (Wildman–Crippen MR) is 81.9 cm³/mol. The maximum atomic E-state index is 12.1. The molecule has 6 heteroatoms. The summed E-state index contributed by atoms with van der Waals surface area (Å²) in [6.07, 6.45) is 0.712. The Morgan fingerprint density at radius 1 is 1.36 bits per heavy atom. The van der Waals surface area contributed by atoms with Crippen LogP contribution in [0.1, 0.15) is 57.1 Å². The minimum atomic E-state index is -0.580. The number of fused-ring (bicyclic) bond motifs is 1. The Labute approximate surface area is 130 Å². The molecular weight excluding hydrogens is 284 g/mol. The number of hydrogen-bond acceptors (Lipinski definition) is 5. The van der Waals surface area contributed by atoms with Gasteiger partial charge in [-0.1, -0.05) is 0 Å². The van der Waals surface area contributed by atoms with E-state index in [9.17, 15) is 9.59 Å². The molecule has 0 atom stereocenters. The molecule has 22 heavy (non-hydrogen) atoms. The van der Waals surface area contributed by atoms with Crippen LogP contribution in [0.3, 0.4) is 0 Å². The van der Waals surface area contributed by atoms with Crippen molar-refractivity contribution in [3.8, 4) is 0 Å².